The van der Waals surface area contributed by atoms with Gasteiger partial charge in [-0.25, -0.2) is 0 Å². The fourth-order valence-corrected chi connectivity index (χ4v) is 5.89. The molecule has 3 heterocycles. The van der Waals surface area contributed by atoms with E-state index in [0.29, 0.717) is 31.6 Å². The van der Waals surface area contributed by atoms with Gasteiger partial charge in [-0.2, -0.15) is 17.0 Å². The molecule has 0 aliphatic carbocycles. The van der Waals surface area contributed by atoms with Crippen LogP contribution in [-0.4, -0.2) is 93.0 Å². The highest BCUT2D eigenvalue weighted by atomic mass is 32.2. The second-order valence-corrected chi connectivity index (χ2v) is 9.92. The average molecular weight is 361 g/mol. The zero-order chi connectivity index (χ0) is 17.4. The smallest absolute Gasteiger partial charge is 0.282 e. The lowest BCUT2D eigenvalue weighted by Crippen LogP contribution is -2.57. The van der Waals surface area contributed by atoms with Gasteiger partial charge >= 0.3 is 0 Å². The molecule has 0 aromatic carbocycles. The minimum absolute atomic E-state index is 0.0420. The van der Waals surface area contributed by atoms with Crippen molar-refractivity contribution in [1.29, 1.82) is 0 Å². The Kier molecular flexibility index (Phi) is 5.54. The maximum absolute atomic E-state index is 12.9. The molecule has 0 spiro atoms. The standard InChI is InChI=1S/C16H32N4O3S/c1-14-10-20(11-15(2)23-14)24(21,22)19-8-6-18(7-9-19)13-16(3)4-5-17-12-16/h14-15,17H,4-13H2,1-3H3. The highest BCUT2D eigenvalue weighted by Crippen LogP contribution is 2.26. The Morgan fingerprint density at radius 3 is 2.25 bits per heavy atom. The van der Waals surface area contributed by atoms with E-state index in [-0.39, 0.29) is 12.2 Å². The Hall–Kier alpha value is -0.250. The third-order valence-corrected chi connectivity index (χ3v) is 7.40. The summed E-state index contributed by atoms with van der Waals surface area (Å²) < 4.78 is 34.7. The van der Waals surface area contributed by atoms with Crippen LogP contribution in [0, 0.1) is 5.41 Å². The summed E-state index contributed by atoms with van der Waals surface area (Å²) in [6.07, 6.45) is 1.12. The minimum Gasteiger partial charge on any atom is -0.373 e. The second kappa shape index (κ2) is 7.17. The topological polar surface area (TPSA) is 65.1 Å². The van der Waals surface area contributed by atoms with Gasteiger partial charge in [0.25, 0.3) is 10.2 Å². The minimum atomic E-state index is -3.37. The van der Waals surface area contributed by atoms with Crippen LogP contribution in [0.4, 0.5) is 0 Å². The number of piperazine rings is 1. The molecule has 3 atom stereocenters. The Morgan fingerprint density at radius 1 is 1.08 bits per heavy atom. The second-order valence-electron chi connectivity index (χ2n) is 7.99. The van der Waals surface area contributed by atoms with Crippen LogP contribution in [0.25, 0.3) is 0 Å². The van der Waals surface area contributed by atoms with Crippen molar-refractivity contribution in [3.8, 4) is 0 Å². The maximum Gasteiger partial charge on any atom is 0.282 e. The van der Waals surface area contributed by atoms with Crippen LogP contribution in [0.15, 0.2) is 0 Å². The number of hydrogen-bond acceptors (Lipinski definition) is 5. The fraction of sp³-hybridized carbons (Fsp3) is 1.00. The predicted molar refractivity (Wildman–Crippen MR) is 94.1 cm³/mol. The Balaban J connectivity index is 1.55. The first-order valence-electron chi connectivity index (χ1n) is 9.12. The molecule has 7 nitrogen and oxygen atoms in total. The highest BCUT2D eigenvalue weighted by molar-refractivity contribution is 7.86. The van der Waals surface area contributed by atoms with E-state index in [1.807, 2.05) is 13.8 Å². The lowest BCUT2D eigenvalue weighted by atomic mass is 9.89. The number of rotatable bonds is 4. The predicted octanol–water partition coefficient (Wildman–Crippen LogP) is -0.0424. The summed E-state index contributed by atoms with van der Waals surface area (Å²) in [6.45, 7) is 13.2. The Labute approximate surface area is 146 Å². The summed E-state index contributed by atoms with van der Waals surface area (Å²) in [5.74, 6) is 0. The van der Waals surface area contributed by atoms with Gasteiger partial charge in [0.2, 0.25) is 0 Å². The molecule has 3 aliphatic heterocycles. The van der Waals surface area contributed by atoms with Crippen molar-refractivity contribution in [2.75, 3.05) is 58.9 Å². The molecule has 3 aliphatic rings. The molecular weight excluding hydrogens is 328 g/mol. The molecular formula is C16H32N4O3S. The van der Waals surface area contributed by atoms with Gasteiger partial charge in [0.15, 0.2) is 0 Å². The van der Waals surface area contributed by atoms with E-state index in [2.05, 4.69) is 17.1 Å². The van der Waals surface area contributed by atoms with Crippen molar-refractivity contribution < 1.29 is 13.2 Å². The van der Waals surface area contributed by atoms with Crippen LogP contribution < -0.4 is 5.32 Å². The zero-order valence-corrected chi connectivity index (χ0v) is 16.0. The molecule has 3 rings (SSSR count). The molecule has 3 fully saturated rings. The van der Waals surface area contributed by atoms with E-state index in [1.165, 1.54) is 6.42 Å². The lowest BCUT2D eigenvalue weighted by molar-refractivity contribution is -0.0458. The van der Waals surface area contributed by atoms with E-state index in [0.717, 1.165) is 32.7 Å². The van der Waals surface area contributed by atoms with Gasteiger partial charge in [-0.3, -0.25) is 0 Å². The monoisotopic (exact) mass is 360 g/mol. The van der Waals surface area contributed by atoms with Crippen LogP contribution in [0.2, 0.25) is 0 Å². The maximum atomic E-state index is 12.9. The van der Waals surface area contributed by atoms with E-state index in [1.54, 1.807) is 8.61 Å². The largest absolute Gasteiger partial charge is 0.373 e. The van der Waals surface area contributed by atoms with Crippen LogP contribution in [0.3, 0.4) is 0 Å². The molecule has 0 radical (unpaired) electrons. The van der Waals surface area contributed by atoms with Crippen molar-refractivity contribution in [3.05, 3.63) is 0 Å². The molecule has 3 unspecified atom stereocenters. The van der Waals surface area contributed by atoms with Crippen molar-refractivity contribution >= 4 is 10.2 Å². The normalized spacial score (nSPS) is 37.8. The van der Waals surface area contributed by atoms with E-state index in [4.69, 9.17) is 4.74 Å². The molecule has 0 aromatic heterocycles. The third-order valence-electron chi connectivity index (χ3n) is 5.43. The first-order chi connectivity index (χ1) is 11.3. The van der Waals surface area contributed by atoms with E-state index < -0.39 is 10.2 Å². The molecule has 0 amide bonds. The summed E-state index contributed by atoms with van der Waals surface area (Å²) in [4.78, 5) is 2.42. The summed E-state index contributed by atoms with van der Waals surface area (Å²) in [6, 6.07) is 0. The molecule has 0 bridgehead atoms. The third kappa shape index (κ3) is 4.11. The first-order valence-corrected chi connectivity index (χ1v) is 10.5. The van der Waals surface area contributed by atoms with E-state index >= 15 is 0 Å². The van der Waals surface area contributed by atoms with Crippen molar-refractivity contribution in [2.45, 2.75) is 39.4 Å². The Morgan fingerprint density at radius 2 is 1.71 bits per heavy atom. The summed E-state index contributed by atoms with van der Waals surface area (Å²) >= 11 is 0. The molecule has 0 aromatic rings. The summed E-state index contributed by atoms with van der Waals surface area (Å²) in [5, 5.41) is 3.44. The van der Waals surface area contributed by atoms with E-state index in [9.17, 15) is 8.42 Å². The highest BCUT2D eigenvalue weighted by Gasteiger charge is 2.38. The number of hydrogen-bond donors (Lipinski definition) is 1. The number of nitrogens with zero attached hydrogens (tertiary/aromatic N) is 3. The number of ether oxygens (including phenoxy) is 1. The lowest BCUT2D eigenvalue weighted by Gasteiger charge is -2.41. The molecule has 140 valence electrons. The molecule has 0 saturated carbocycles. The van der Waals surface area contributed by atoms with Gasteiger partial charge in [0.05, 0.1) is 12.2 Å². The first kappa shape index (κ1) is 18.5. The average Bonchev–Trinajstić information content (AvgIpc) is 2.93. The molecule has 24 heavy (non-hydrogen) atoms. The fourth-order valence-electron chi connectivity index (χ4n) is 4.14. The number of morpholine rings is 1. The van der Waals surface area contributed by atoms with Gasteiger partial charge in [0, 0.05) is 52.4 Å². The summed E-state index contributed by atoms with van der Waals surface area (Å²) in [7, 11) is -3.37. The van der Waals surface area contributed by atoms with Crippen molar-refractivity contribution in [1.82, 2.24) is 18.8 Å². The van der Waals surface area contributed by atoms with Gasteiger partial charge in [0.1, 0.15) is 0 Å². The molecule has 3 saturated heterocycles. The summed E-state index contributed by atoms with van der Waals surface area (Å²) in [5.41, 5.74) is 0.329. The molecule has 1 N–H and O–H groups in total. The van der Waals surface area contributed by atoms with Crippen LogP contribution in [0.5, 0.6) is 0 Å². The van der Waals surface area contributed by atoms with Crippen LogP contribution in [-0.2, 0) is 14.9 Å². The Bertz CT molecular complexity index is 517. The number of nitrogens with one attached hydrogen (secondary N) is 1. The zero-order valence-electron chi connectivity index (χ0n) is 15.2. The van der Waals surface area contributed by atoms with Crippen LogP contribution >= 0.6 is 0 Å². The van der Waals surface area contributed by atoms with Crippen molar-refractivity contribution in [3.63, 3.8) is 0 Å². The van der Waals surface area contributed by atoms with Crippen LogP contribution in [0.1, 0.15) is 27.2 Å². The molecule has 8 heteroatoms. The quantitative estimate of drug-likeness (QED) is 0.762. The van der Waals surface area contributed by atoms with Crippen molar-refractivity contribution in [2.24, 2.45) is 5.41 Å². The SMILES string of the molecule is CC1CN(S(=O)(=O)N2CCN(CC3(C)CCNC3)CC2)CC(C)O1. The van der Waals surface area contributed by atoms with Gasteiger partial charge in [-0.05, 0) is 32.2 Å². The van der Waals surface area contributed by atoms with Gasteiger partial charge < -0.3 is 15.0 Å². The van der Waals surface area contributed by atoms with Gasteiger partial charge in [-0.1, -0.05) is 6.92 Å². The van der Waals surface area contributed by atoms with Gasteiger partial charge in [-0.15, -0.1) is 0 Å².